The molecule has 0 heterocycles. The number of nitrogens with zero attached hydrogens (tertiary/aromatic N) is 2. The lowest BCUT2D eigenvalue weighted by atomic mass is 9.99. The Morgan fingerprint density at radius 1 is 0.774 bits per heavy atom. The third kappa shape index (κ3) is 7.17. The summed E-state index contributed by atoms with van der Waals surface area (Å²) in [6.45, 7) is 12.1. The molecule has 0 aromatic heterocycles. The molecule has 2 aromatic carbocycles. The maximum Gasteiger partial charge on any atom is 0.127 e. The molecule has 31 heavy (non-hydrogen) atoms. The van der Waals surface area contributed by atoms with Gasteiger partial charge in [0.1, 0.15) is 11.9 Å². The Hall–Kier alpha value is -2.20. The first-order valence-electron chi connectivity index (χ1n) is 12.0. The minimum Gasteiger partial charge on any atom is -0.493 e. The Morgan fingerprint density at radius 2 is 1.39 bits per heavy atom. The first kappa shape index (κ1) is 25.1. The molecule has 2 aromatic rings. The van der Waals surface area contributed by atoms with Crippen LogP contribution >= 0.6 is 0 Å². The third-order valence-electron chi connectivity index (χ3n) is 5.55. The summed E-state index contributed by atoms with van der Waals surface area (Å²) in [6.07, 6.45) is 4.67. The summed E-state index contributed by atoms with van der Waals surface area (Å²) < 4.78 is 12.4. The van der Waals surface area contributed by atoms with Crippen LogP contribution in [0.4, 0.5) is 11.4 Å². The van der Waals surface area contributed by atoms with Crippen molar-refractivity contribution in [2.24, 2.45) is 0 Å². The molecule has 0 aliphatic rings. The highest BCUT2D eigenvalue weighted by atomic mass is 16.5. The second kappa shape index (κ2) is 13.3. The average molecular weight is 427 g/mol. The van der Waals surface area contributed by atoms with Gasteiger partial charge in [-0.1, -0.05) is 44.9 Å². The summed E-state index contributed by atoms with van der Waals surface area (Å²) in [5.41, 5.74) is 4.67. The van der Waals surface area contributed by atoms with Gasteiger partial charge in [-0.25, -0.2) is 0 Å². The Morgan fingerprint density at radius 3 is 1.90 bits per heavy atom. The molecule has 0 spiro atoms. The smallest absolute Gasteiger partial charge is 0.127 e. The molecule has 0 bridgehead atoms. The topological polar surface area (TPSA) is 24.9 Å². The highest BCUT2D eigenvalue weighted by Crippen LogP contribution is 2.36. The first-order chi connectivity index (χ1) is 15.0. The summed E-state index contributed by atoms with van der Waals surface area (Å²) in [5, 5.41) is 0. The number of anilines is 2. The molecule has 4 nitrogen and oxygen atoms in total. The summed E-state index contributed by atoms with van der Waals surface area (Å²) in [6, 6.07) is 15.3. The van der Waals surface area contributed by atoms with Crippen molar-refractivity contribution < 1.29 is 9.47 Å². The molecule has 0 saturated heterocycles. The van der Waals surface area contributed by atoms with Gasteiger partial charge in [-0.15, -0.1) is 0 Å². The van der Waals surface area contributed by atoms with Crippen LogP contribution in [0, 0.1) is 0 Å². The number of hydrogen-bond acceptors (Lipinski definition) is 4. The van der Waals surface area contributed by atoms with E-state index in [2.05, 4.69) is 80.2 Å². The van der Waals surface area contributed by atoms with Crippen LogP contribution in [0.1, 0.15) is 70.6 Å². The van der Waals surface area contributed by atoms with Gasteiger partial charge >= 0.3 is 0 Å². The Bertz CT molecular complexity index is 750. The van der Waals surface area contributed by atoms with Crippen molar-refractivity contribution in [3.63, 3.8) is 0 Å². The fourth-order valence-electron chi connectivity index (χ4n) is 3.76. The van der Waals surface area contributed by atoms with Crippen molar-refractivity contribution in [2.75, 3.05) is 50.2 Å². The van der Waals surface area contributed by atoms with Crippen molar-refractivity contribution >= 4 is 11.4 Å². The predicted molar refractivity (Wildman–Crippen MR) is 134 cm³/mol. The SMILES string of the molecule is CCCCN(CCCC)c1ccc(C(OCC)c2ccc(N(C)C)cc2)c(OCC)c1. The molecule has 0 N–H and O–H groups in total. The summed E-state index contributed by atoms with van der Waals surface area (Å²) in [7, 11) is 4.12. The molecular weight excluding hydrogens is 384 g/mol. The zero-order valence-corrected chi connectivity index (χ0v) is 20.5. The van der Waals surface area contributed by atoms with Gasteiger partial charge in [-0.2, -0.15) is 0 Å². The zero-order chi connectivity index (χ0) is 22.6. The van der Waals surface area contributed by atoms with Crippen molar-refractivity contribution in [1.29, 1.82) is 0 Å². The molecular formula is C27H42N2O2. The van der Waals surface area contributed by atoms with E-state index in [1.165, 1.54) is 37.1 Å². The molecule has 0 fully saturated rings. The average Bonchev–Trinajstić information content (AvgIpc) is 2.78. The van der Waals surface area contributed by atoms with E-state index in [-0.39, 0.29) is 6.10 Å². The van der Waals surface area contributed by atoms with Crippen LogP contribution in [0.25, 0.3) is 0 Å². The second-order valence-corrected chi connectivity index (χ2v) is 8.17. The third-order valence-corrected chi connectivity index (χ3v) is 5.55. The van der Waals surface area contributed by atoms with E-state index in [1.807, 2.05) is 13.8 Å². The zero-order valence-electron chi connectivity index (χ0n) is 20.5. The van der Waals surface area contributed by atoms with E-state index >= 15 is 0 Å². The largest absolute Gasteiger partial charge is 0.493 e. The molecule has 4 heteroatoms. The molecule has 172 valence electrons. The molecule has 1 atom stereocenters. The highest BCUT2D eigenvalue weighted by molar-refractivity contribution is 5.56. The van der Waals surface area contributed by atoms with Crippen LogP contribution in [0.15, 0.2) is 42.5 Å². The lowest BCUT2D eigenvalue weighted by Crippen LogP contribution is -2.25. The lowest BCUT2D eigenvalue weighted by Gasteiger charge is -2.27. The number of hydrogen-bond donors (Lipinski definition) is 0. The van der Waals surface area contributed by atoms with E-state index in [4.69, 9.17) is 9.47 Å². The van der Waals surface area contributed by atoms with Gasteiger partial charge in [0.2, 0.25) is 0 Å². The predicted octanol–water partition coefficient (Wildman–Crippen LogP) is 6.68. The second-order valence-electron chi connectivity index (χ2n) is 8.17. The number of unbranched alkanes of at least 4 members (excludes halogenated alkanes) is 2. The van der Waals surface area contributed by atoms with Gasteiger partial charge in [0.05, 0.1) is 6.61 Å². The number of benzene rings is 2. The van der Waals surface area contributed by atoms with Crippen LogP contribution in [0.5, 0.6) is 5.75 Å². The van der Waals surface area contributed by atoms with Crippen LogP contribution in [0.3, 0.4) is 0 Å². The highest BCUT2D eigenvalue weighted by Gasteiger charge is 2.21. The summed E-state index contributed by atoms with van der Waals surface area (Å²) in [4.78, 5) is 4.61. The minimum absolute atomic E-state index is 0.142. The standard InChI is InChI=1S/C27H42N2O2/c1-7-11-19-29(20-12-8-2)24-17-18-25(26(21-24)30-9-3)27(31-10-4)22-13-15-23(16-14-22)28(5)6/h13-18,21,27H,7-12,19-20H2,1-6H3. The molecule has 0 aliphatic carbocycles. The lowest BCUT2D eigenvalue weighted by molar-refractivity contribution is 0.0889. The maximum absolute atomic E-state index is 6.22. The van der Waals surface area contributed by atoms with Gasteiger partial charge in [0, 0.05) is 56.8 Å². The quantitative estimate of drug-likeness (QED) is 0.336. The van der Waals surface area contributed by atoms with Crippen molar-refractivity contribution in [2.45, 2.75) is 59.5 Å². The van der Waals surface area contributed by atoms with E-state index < -0.39 is 0 Å². The van der Waals surface area contributed by atoms with Crippen molar-refractivity contribution in [3.8, 4) is 5.75 Å². The Labute approximate surface area is 190 Å². The summed E-state index contributed by atoms with van der Waals surface area (Å²) in [5.74, 6) is 0.924. The van der Waals surface area contributed by atoms with Crippen LogP contribution < -0.4 is 14.5 Å². The molecule has 0 radical (unpaired) electrons. The maximum atomic E-state index is 6.22. The monoisotopic (exact) mass is 426 g/mol. The van der Waals surface area contributed by atoms with Crippen LogP contribution in [-0.4, -0.2) is 40.4 Å². The van der Waals surface area contributed by atoms with Crippen LogP contribution in [0.2, 0.25) is 0 Å². The van der Waals surface area contributed by atoms with Gasteiger partial charge in [-0.05, 0) is 50.5 Å². The Balaban J connectivity index is 2.41. The fourth-order valence-corrected chi connectivity index (χ4v) is 3.76. The first-order valence-corrected chi connectivity index (χ1v) is 12.0. The van der Waals surface area contributed by atoms with E-state index in [1.54, 1.807) is 0 Å². The van der Waals surface area contributed by atoms with E-state index in [0.717, 1.165) is 30.0 Å². The number of rotatable bonds is 14. The molecule has 0 amide bonds. The number of ether oxygens (including phenoxy) is 2. The van der Waals surface area contributed by atoms with E-state index in [9.17, 15) is 0 Å². The van der Waals surface area contributed by atoms with E-state index in [0.29, 0.717) is 13.2 Å². The molecule has 0 aliphatic heterocycles. The summed E-state index contributed by atoms with van der Waals surface area (Å²) >= 11 is 0. The van der Waals surface area contributed by atoms with Gasteiger partial charge in [0.25, 0.3) is 0 Å². The van der Waals surface area contributed by atoms with Crippen molar-refractivity contribution in [1.82, 2.24) is 0 Å². The Kier molecular flexibility index (Phi) is 10.7. The molecule has 0 saturated carbocycles. The van der Waals surface area contributed by atoms with Crippen LogP contribution in [-0.2, 0) is 4.74 Å². The van der Waals surface area contributed by atoms with Gasteiger partial charge in [-0.3, -0.25) is 0 Å². The molecule has 1 unspecified atom stereocenters. The minimum atomic E-state index is -0.142. The van der Waals surface area contributed by atoms with Gasteiger partial charge < -0.3 is 19.3 Å². The normalized spacial score (nSPS) is 11.9. The molecule has 2 rings (SSSR count). The fraction of sp³-hybridized carbons (Fsp3) is 0.556. The van der Waals surface area contributed by atoms with Crippen molar-refractivity contribution in [3.05, 3.63) is 53.6 Å². The van der Waals surface area contributed by atoms with Gasteiger partial charge in [0.15, 0.2) is 0 Å².